The van der Waals surface area contributed by atoms with Gasteiger partial charge in [-0.05, 0) is 19.1 Å². The highest BCUT2D eigenvalue weighted by Gasteiger charge is 2.29. The molecule has 0 atom stereocenters. The van der Waals surface area contributed by atoms with Gasteiger partial charge in [-0.15, -0.1) is 10.2 Å². The summed E-state index contributed by atoms with van der Waals surface area (Å²) in [6, 6.07) is 3.19. The highest BCUT2D eigenvalue weighted by atomic mass is 35.5. The van der Waals surface area contributed by atoms with E-state index in [1.54, 1.807) is 6.07 Å². The molecule has 5 nitrogen and oxygen atoms in total. The van der Waals surface area contributed by atoms with Crippen molar-refractivity contribution in [3.63, 3.8) is 0 Å². The van der Waals surface area contributed by atoms with E-state index < -0.39 is 11.7 Å². The Kier molecular flexibility index (Phi) is 3.04. The summed E-state index contributed by atoms with van der Waals surface area (Å²) in [5.74, 6) is -1.18. The summed E-state index contributed by atoms with van der Waals surface area (Å²) in [5, 5.41) is 11.7. The summed E-state index contributed by atoms with van der Waals surface area (Å²) < 4.78 is 0.759. The zero-order chi connectivity index (χ0) is 13.6. The molecule has 3 rings (SSSR count). The van der Waals surface area contributed by atoms with Crippen LogP contribution in [0.25, 0.3) is 0 Å². The highest BCUT2D eigenvalue weighted by Crippen LogP contribution is 2.39. The molecule has 8 heteroatoms. The molecule has 0 saturated heterocycles. The van der Waals surface area contributed by atoms with Crippen LogP contribution in [0.5, 0.6) is 0 Å². The summed E-state index contributed by atoms with van der Waals surface area (Å²) in [4.78, 5) is 23.5. The molecular formula is C11H6ClN3O2S2. The molecule has 0 unspecified atom stereocenters. The van der Waals surface area contributed by atoms with Gasteiger partial charge in [0, 0.05) is 4.90 Å². The maximum atomic E-state index is 11.5. The minimum atomic E-state index is -0.625. The number of benzene rings is 1. The van der Waals surface area contributed by atoms with Crippen molar-refractivity contribution in [2.24, 2.45) is 0 Å². The molecule has 2 heterocycles. The number of ketones is 1. The van der Waals surface area contributed by atoms with E-state index in [9.17, 15) is 9.59 Å². The first kappa shape index (κ1) is 12.6. The summed E-state index contributed by atoms with van der Waals surface area (Å²) >= 11 is 8.93. The lowest BCUT2D eigenvalue weighted by Crippen LogP contribution is -2.12. The number of rotatable bonds is 2. The Morgan fingerprint density at radius 1 is 1.32 bits per heavy atom. The highest BCUT2D eigenvalue weighted by molar-refractivity contribution is 8.01. The van der Waals surface area contributed by atoms with Crippen LogP contribution < -0.4 is 5.32 Å². The minimum Gasteiger partial charge on any atom is -0.318 e. The Balaban J connectivity index is 1.98. The summed E-state index contributed by atoms with van der Waals surface area (Å²) in [7, 11) is 0. The van der Waals surface area contributed by atoms with Crippen LogP contribution in [-0.4, -0.2) is 21.9 Å². The Bertz CT molecular complexity index is 714. The molecule has 1 N–H and O–H groups in total. The molecule has 1 aliphatic heterocycles. The topological polar surface area (TPSA) is 72.0 Å². The van der Waals surface area contributed by atoms with Crippen LogP contribution in [0.15, 0.2) is 21.4 Å². The van der Waals surface area contributed by atoms with Gasteiger partial charge < -0.3 is 5.32 Å². The molecule has 1 aliphatic rings. The van der Waals surface area contributed by atoms with Gasteiger partial charge in [0.2, 0.25) is 0 Å². The van der Waals surface area contributed by atoms with Crippen molar-refractivity contribution in [1.82, 2.24) is 10.2 Å². The fourth-order valence-electron chi connectivity index (χ4n) is 1.64. The number of Topliss-reactive ketones (excluding diaryl/α,β-unsaturated/α-hetero) is 1. The quantitative estimate of drug-likeness (QED) is 0.863. The number of halogens is 1. The van der Waals surface area contributed by atoms with Crippen molar-refractivity contribution in [2.75, 3.05) is 5.32 Å². The molecule has 1 aromatic carbocycles. The molecule has 1 aromatic heterocycles. The Hall–Kier alpha value is -1.44. The number of carbonyl (C=O) groups excluding carboxylic acids is 2. The Labute approximate surface area is 121 Å². The van der Waals surface area contributed by atoms with E-state index in [1.807, 2.05) is 6.92 Å². The SMILES string of the molecule is Cc1nnc(Sc2cc3c(cc2Cl)C(=O)C(=O)N3)s1. The predicted octanol–water partition coefficient (Wildman–Crippen LogP) is 2.79. The van der Waals surface area contributed by atoms with Gasteiger partial charge in [0.05, 0.1) is 16.3 Å². The average Bonchev–Trinajstić information content (AvgIpc) is 2.87. The Morgan fingerprint density at radius 3 is 2.79 bits per heavy atom. The van der Waals surface area contributed by atoms with Crippen LogP contribution in [0.3, 0.4) is 0 Å². The third-order valence-corrected chi connectivity index (χ3v) is 4.85. The van der Waals surface area contributed by atoms with Crippen molar-refractivity contribution >= 4 is 52.1 Å². The second-order valence-electron chi connectivity index (χ2n) is 3.80. The molecule has 0 bridgehead atoms. The van der Waals surface area contributed by atoms with Crippen LogP contribution in [0.4, 0.5) is 5.69 Å². The largest absolute Gasteiger partial charge is 0.318 e. The standard InChI is InChI=1S/C11H6ClN3O2S2/c1-4-14-15-11(18-4)19-8-3-7-5(2-6(8)12)9(16)10(17)13-7/h2-3H,1H3,(H,13,16,17). The van der Waals surface area contributed by atoms with Gasteiger partial charge >= 0.3 is 0 Å². The van der Waals surface area contributed by atoms with Crippen molar-refractivity contribution in [3.8, 4) is 0 Å². The molecule has 1 amide bonds. The number of carbonyl (C=O) groups is 2. The monoisotopic (exact) mass is 311 g/mol. The first-order valence-corrected chi connectivity index (χ1v) is 7.23. The van der Waals surface area contributed by atoms with Gasteiger partial charge in [-0.25, -0.2) is 0 Å². The zero-order valence-electron chi connectivity index (χ0n) is 9.56. The number of fused-ring (bicyclic) bond motifs is 1. The van der Waals surface area contributed by atoms with Crippen molar-refractivity contribution in [1.29, 1.82) is 0 Å². The van der Waals surface area contributed by atoms with Crippen molar-refractivity contribution in [3.05, 3.63) is 27.7 Å². The molecule has 0 aliphatic carbocycles. The van der Waals surface area contributed by atoms with E-state index >= 15 is 0 Å². The molecule has 0 spiro atoms. The number of nitrogens with zero attached hydrogens (tertiary/aromatic N) is 2. The second-order valence-corrected chi connectivity index (χ2v) is 6.68. The van der Waals surface area contributed by atoms with Crippen LogP contribution in [-0.2, 0) is 4.79 Å². The summed E-state index contributed by atoms with van der Waals surface area (Å²) in [6.45, 7) is 1.87. The van der Waals surface area contributed by atoms with Crippen LogP contribution in [0.2, 0.25) is 5.02 Å². The molecule has 96 valence electrons. The van der Waals surface area contributed by atoms with Gasteiger partial charge in [0.25, 0.3) is 11.7 Å². The molecule has 0 saturated carbocycles. The molecular weight excluding hydrogens is 306 g/mol. The van der Waals surface area contributed by atoms with E-state index in [0.717, 1.165) is 14.2 Å². The van der Waals surface area contributed by atoms with E-state index in [2.05, 4.69) is 15.5 Å². The maximum absolute atomic E-state index is 11.5. The Morgan fingerprint density at radius 2 is 2.11 bits per heavy atom. The number of anilines is 1. The number of amides is 1. The van der Waals surface area contributed by atoms with Gasteiger partial charge in [-0.3, -0.25) is 9.59 Å². The maximum Gasteiger partial charge on any atom is 0.296 e. The number of hydrogen-bond acceptors (Lipinski definition) is 6. The molecule has 0 radical (unpaired) electrons. The average molecular weight is 312 g/mol. The smallest absolute Gasteiger partial charge is 0.296 e. The predicted molar refractivity (Wildman–Crippen MR) is 73.2 cm³/mol. The third-order valence-electron chi connectivity index (χ3n) is 2.48. The normalized spacial score (nSPS) is 13.6. The van der Waals surface area contributed by atoms with Gasteiger partial charge in [-0.1, -0.05) is 34.7 Å². The number of hydrogen-bond donors (Lipinski definition) is 1. The van der Waals surface area contributed by atoms with Crippen LogP contribution >= 0.6 is 34.7 Å². The van der Waals surface area contributed by atoms with Gasteiger partial charge in [0.15, 0.2) is 4.34 Å². The van der Waals surface area contributed by atoms with Crippen molar-refractivity contribution in [2.45, 2.75) is 16.2 Å². The van der Waals surface area contributed by atoms with E-state index in [0.29, 0.717) is 16.3 Å². The fraction of sp³-hybridized carbons (Fsp3) is 0.0909. The van der Waals surface area contributed by atoms with E-state index in [1.165, 1.54) is 29.2 Å². The lowest BCUT2D eigenvalue weighted by molar-refractivity contribution is -0.112. The number of aromatic nitrogens is 2. The molecule has 2 aromatic rings. The molecule has 19 heavy (non-hydrogen) atoms. The first-order valence-electron chi connectivity index (χ1n) is 5.22. The molecule has 0 fully saturated rings. The third kappa shape index (κ3) is 2.24. The fourth-order valence-corrected chi connectivity index (χ4v) is 3.73. The summed E-state index contributed by atoms with van der Waals surface area (Å²) in [5.41, 5.74) is 0.802. The lowest BCUT2D eigenvalue weighted by atomic mass is 10.1. The first-order chi connectivity index (χ1) is 9.04. The van der Waals surface area contributed by atoms with Crippen LogP contribution in [0.1, 0.15) is 15.4 Å². The van der Waals surface area contributed by atoms with E-state index in [4.69, 9.17) is 11.6 Å². The second kappa shape index (κ2) is 4.59. The number of aryl methyl sites for hydroxylation is 1. The minimum absolute atomic E-state index is 0.313. The zero-order valence-corrected chi connectivity index (χ0v) is 11.9. The van der Waals surface area contributed by atoms with E-state index in [-0.39, 0.29) is 0 Å². The van der Waals surface area contributed by atoms with Crippen LogP contribution in [0, 0.1) is 6.92 Å². The number of nitrogens with one attached hydrogen (secondary N) is 1. The van der Waals surface area contributed by atoms with Crippen molar-refractivity contribution < 1.29 is 9.59 Å². The van der Waals surface area contributed by atoms with Gasteiger partial charge in [0.1, 0.15) is 5.01 Å². The lowest BCUT2D eigenvalue weighted by Gasteiger charge is -2.04. The van der Waals surface area contributed by atoms with Gasteiger partial charge in [-0.2, -0.15) is 0 Å². The summed E-state index contributed by atoms with van der Waals surface area (Å²) in [6.07, 6.45) is 0.